The van der Waals surface area contributed by atoms with Crippen LogP contribution in [0.5, 0.6) is 0 Å². The fourth-order valence-electron chi connectivity index (χ4n) is 2.55. The number of rotatable bonds is 2. The van der Waals surface area contributed by atoms with E-state index in [1.165, 1.54) is 30.5 Å². The number of carbonyl (C=O) groups excluding carboxylic acids is 2. The fourth-order valence-corrected chi connectivity index (χ4v) is 2.55. The first kappa shape index (κ1) is 16.0. The molecule has 0 spiro atoms. The Labute approximate surface area is 138 Å². The van der Waals surface area contributed by atoms with Crippen LogP contribution in [0.2, 0.25) is 0 Å². The Morgan fingerprint density at radius 3 is 2.04 bits per heavy atom. The number of nitrogens with zero attached hydrogens (tertiary/aromatic N) is 4. The number of hydrogen-bond donors (Lipinski definition) is 0. The largest absolute Gasteiger partial charge is 0.335 e. The van der Waals surface area contributed by atoms with Crippen molar-refractivity contribution in [2.75, 3.05) is 26.2 Å². The minimum atomic E-state index is -0.374. The number of halogens is 1. The number of aromatic nitrogens is 2. The van der Waals surface area contributed by atoms with Gasteiger partial charge in [-0.1, -0.05) is 0 Å². The molecule has 1 fully saturated rings. The normalized spacial score (nSPS) is 14.6. The van der Waals surface area contributed by atoms with Crippen molar-refractivity contribution < 1.29 is 14.0 Å². The molecule has 2 amide bonds. The standard InChI is InChI=1S/C17H17FN4O2/c1-12-10-20-15(11-19-12)17(24)22-8-6-21(7-9-22)16(23)13-2-4-14(18)5-3-13/h2-5,10-11H,6-9H2,1H3. The zero-order valence-corrected chi connectivity index (χ0v) is 13.3. The molecule has 1 aliphatic heterocycles. The molecule has 6 nitrogen and oxygen atoms in total. The lowest BCUT2D eigenvalue weighted by molar-refractivity contribution is 0.0532. The Kier molecular flexibility index (Phi) is 4.50. The van der Waals surface area contributed by atoms with Crippen LogP contribution >= 0.6 is 0 Å². The molecule has 0 N–H and O–H groups in total. The van der Waals surface area contributed by atoms with Crippen LogP contribution in [-0.4, -0.2) is 57.8 Å². The fraction of sp³-hybridized carbons (Fsp3) is 0.294. The summed E-state index contributed by atoms with van der Waals surface area (Å²) in [6.07, 6.45) is 3.02. The molecule has 2 heterocycles. The third-order valence-electron chi connectivity index (χ3n) is 3.95. The van der Waals surface area contributed by atoms with Crippen LogP contribution in [0.4, 0.5) is 4.39 Å². The number of benzene rings is 1. The predicted octanol–water partition coefficient (Wildman–Crippen LogP) is 1.52. The minimum absolute atomic E-state index is 0.155. The van der Waals surface area contributed by atoms with Gasteiger partial charge in [0.05, 0.1) is 11.9 Å². The Morgan fingerprint density at radius 2 is 1.50 bits per heavy atom. The van der Waals surface area contributed by atoms with Crippen LogP contribution in [0.25, 0.3) is 0 Å². The van der Waals surface area contributed by atoms with Crippen LogP contribution in [0.1, 0.15) is 26.5 Å². The summed E-state index contributed by atoms with van der Waals surface area (Å²) >= 11 is 0. The second-order valence-corrected chi connectivity index (χ2v) is 5.63. The van der Waals surface area contributed by atoms with Gasteiger partial charge in [-0.15, -0.1) is 0 Å². The second-order valence-electron chi connectivity index (χ2n) is 5.63. The molecule has 1 aromatic heterocycles. The van der Waals surface area contributed by atoms with Crippen molar-refractivity contribution in [2.24, 2.45) is 0 Å². The third-order valence-corrected chi connectivity index (χ3v) is 3.95. The van der Waals surface area contributed by atoms with Crippen molar-refractivity contribution in [3.05, 3.63) is 59.4 Å². The highest BCUT2D eigenvalue weighted by atomic mass is 19.1. The number of aryl methyl sites for hydroxylation is 1. The minimum Gasteiger partial charge on any atom is -0.335 e. The molecule has 0 saturated carbocycles. The molecule has 1 aromatic carbocycles. The molecule has 1 aliphatic rings. The summed E-state index contributed by atoms with van der Waals surface area (Å²) in [5.74, 6) is -0.713. The van der Waals surface area contributed by atoms with Gasteiger partial charge in [-0.25, -0.2) is 9.37 Å². The quantitative estimate of drug-likeness (QED) is 0.838. The molecule has 24 heavy (non-hydrogen) atoms. The van der Waals surface area contributed by atoms with E-state index in [1.807, 2.05) is 0 Å². The van der Waals surface area contributed by atoms with Gasteiger partial charge in [0, 0.05) is 37.9 Å². The highest BCUT2D eigenvalue weighted by molar-refractivity contribution is 5.95. The highest BCUT2D eigenvalue weighted by Gasteiger charge is 2.26. The molecule has 124 valence electrons. The van der Waals surface area contributed by atoms with E-state index in [1.54, 1.807) is 22.9 Å². The lowest BCUT2D eigenvalue weighted by atomic mass is 10.1. The Balaban J connectivity index is 1.61. The van der Waals surface area contributed by atoms with E-state index < -0.39 is 0 Å². The van der Waals surface area contributed by atoms with Gasteiger partial charge in [-0.05, 0) is 31.2 Å². The van der Waals surface area contributed by atoms with E-state index in [9.17, 15) is 14.0 Å². The smallest absolute Gasteiger partial charge is 0.274 e. The molecule has 2 aromatic rings. The van der Waals surface area contributed by atoms with Crippen molar-refractivity contribution in [1.29, 1.82) is 0 Å². The first-order chi connectivity index (χ1) is 11.5. The molecule has 0 aliphatic carbocycles. The maximum atomic E-state index is 12.9. The van der Waals surface area contributed by atoms with E-state index in [2.05, 4.69) is 9.97 Å². The number of piperazine rings is 1. The molecule has 0 atom stereocenters. The lowest BCUT2D eigenvalue weighted by Crippen LogP contribution is -2.50. The molecular formula is C17H17FN4O2. The van der Waals surface area contributed by atoms with Crippen LogP contribution in [0.3, 0.4) is 0 Å². The SMILES string of the molecule is Cc1cnc(C(=O)N2CCN(C(=O)c3ccc(F)cc3)CC2)cn1. The van der Waals surface area contributed by atoms with Crippen molar-refractivity contribution in [1.82, 2.24) is 19.8 Å². The van der Waals surface area contributed by atoms with Gasteiger partial charge in [-0.2, -0.15) is 0 Å². The zero-order valence-electron chi connectivity index (χ0n) is 13.3. The number of carbonyl (C=O) groups is 2. The maximum absolute atomic E-state index is 12.9. The maximum Gasteiger partial charge on any atom is 0.274 e. The summed E-state index contributed by atoms with van der Waals surface area (Å²) in [5.41, 5.74) is 1.50. The Bertz CT molecular complexity index is 673. The predicted molar refractivity (Wildman–Crippen MR) is 85.0 cm³/mol. The third kappa shape index (κ3) is 3.40. The summed E-state index contributed by atoms with van der Waals surface area (Å²) in [5, 5.41) is 0. The molecular weight excluding hydrogens is 311 g/mol. The van der Waals surface area contributed by atoms with E-state index in [-0.39, 0.29) is 17.6 Å². The van der Waals surface area contributed by atoms with Crippen molar-refractivity contribution in [3.63, 3.8) is 0 Å². The highest BCUT2D eigenvalue weighted by Crippen LogP contribution is 2.11. The average molecular weight is 328 g/mol. The van der Waals surface area contributed by atoms with E-state index >= 15 is 0 Å². The van der Waals surface area contributed by atoms with Crippen LogP contribution < -0.4 is 0 Å². The molecule has 0 radical (unpaired) electrons. The van der Waals surface area contributed by atoms with Crippen molar-refractivity contribution in [3.8, 4) is 0 Å². The Morgan fingerprint density at radius 1 is 0.917 bits per heavy atom. The van der Waals surface area contributed by atoms with Crippen LogP contribution in [0, 0.1) is 12.7 Å². The first-order valence-electron chi connectivity index (χ1n) is 7.67. The second kappa shape index (κ2) is 6.74. The number of amides is 2. The van der Waals surface area contributed by atoms with Crippen molar-refractivity contribution >= 4 is 11.8 Å². The summed E-state index contributed by atoms with van der Waals surface area (Å²) in [4.78, 5) is 36.2. The summed E-state index contributed by atoms with van der Waals surface area (Å²) in [6, 6.07) is 5.47. The van der Waals surface area contributed by atoms with Gasteiger partial charge in [0.1, 0.15) is 11.5 Å². The molecule has 7 heteroatoms. The van der Waals surface area contributed by atoms with Gasteiger partial charge >= 0.3 is 0 Å². The molecule has 0 unspecified atom stereocenters. The molecule has 1 saturated heterocycles. The van der Waals surface area contributed by atoms with Gasteiger partial charge < -0.3 is 9.80 Å². The van der Waals surface area contributed by atoms with Gasteiger partial charge in [-0.3, -0.25) is 14.6 Å². The molecule has 0 bridgehead atoms. The van der Waals surface area contributed by atoms with Gasteiger partial charge in [0.15, 0.2) is 0 Å². The monoisotopic (exact) mass is 328 g/mol. The van der Waals surface area contributed by atoms with Crippen molar-refractivity contribution in [2.45, 2.75) is 6.92 Å². The topological polar surface area (TPSA) is 66.4 Å². The summed E-state index contributed by atoms with van der Waals surface area (Å²) in [6.45, 7) is 3.53. The van der Waals surface area contributed by atoms with Gasteiger partial charge in [0.25, 0.3) is 11.8 Å². The lowest BCUT2D eigenvalue weighted by Gasteiger charge is -2.34. The summed E-state index contributed by atoms with van der Waals surface area (Å²) in [7, 11) is 0. The number of hydrogen-bond acceptors (Lipinski definition) is 4. The Hall–Kier alpha value is -2.83. The zero-order chi connectivity index (χ0) is 17.1. The van der Waals surface area contributed by atoms with E-state index in [0.717, 1.165) is 5.69 Å². The van der Waals surface area contributed by atoms with E-state index in [4.69, 9.17) is 0 Å². The summed E-state index contributed by atoms with van der Waals surface area (Å²) < 4.78 is 12.9. The van der Waals surface area contributed by atoms with Crippen LogP contribution in [0.15, 0.2) is 36.7 Å². The average Bonchev–Trinajstić information content (AvgIpc) is 2.62. The van der Waals surface area contributed by atoms with Gasteiger partial charge in [0.2, 0.25) is 0 Å². The molecule has 3 rings (SSSR count). The van der Waals surface area contributed by atoms with E-state index in [0.29, 0.717) is 37.4 Å². The first-order valence-corrected chi connectivity index (χ1v) is 7.67. The van der Waals surface area contributed by atoms with Crippen LogP contribution in [-0.2, 0) is 0 Å².